The number of Topliss-reactive ketones (excluding diaryl/α,β-unsaturated/α-hetero) is 1. The largest absolute Gasteiger partial charge is 0.505 e. The Morgan fingerprint density at radius 2 is 2.14 bits per heavy atom. The minimum Gasteiger partial charge on any atom is -0.505 e. The van der Waals surface area contributed by atoms with Crippen molar-refractivity contribution in [2.75, 3.05) is 0 Å². The van der Waals surface area contributed by atoms with Crippen LogP contribution < -0.4 is 0 Å². The molecule has 5 heteroatoms. The van der Waals surface area contributed by atoms with Gasteiger partial charge in [0.2, 0.25) is 0 Å². The molecule has 1 aromatic carbocycles. The maximum absolute atomic E-state index is 13.2. The highest BCUT2D eigenvalue weighted by atomic mass is 35.5. The van der Waals surface area contributed by atoms with Gasteiger partial charge in [0.15, 0.2) is 11.6 Å². The fourth-order valence-corrected chi connectivity index (χ4v) is 1.26. The number of phenolic OH excluding ortho intramolecular Hbond substituents is 1. The van der Waals surface area contributed by atoms with E-state index in [1.165, 1.54) is 6.92 Å². The van der Waals surface area contributed by atoms with Crippen LogP contribution in [0.5, 0.6) is 5.75 Å². The van der Waals surface area contributed by atoms with Gasteiger partial charge in [0.05, 0.1) is 5.02 Å². The lowest BCUT2D eigenvalue weighted by Gasteiger charge is -2.06. The van der Waals surface area contributed by atoms with Crippen molar-refractivity contribution in [3.8, 4) is 5.75 Å². The van der Waals surface area contributed by atoms with Gasteiger partial charge in [-0.05, 0) is 13.0 Å². The van der Waals surface area contributed by atoms with Crippen LogP contribution in [0.25, 0.3) is 0 Å². The van der Waals surface area contributed by atoms with Crippen LogP contribution in [0, 0.1) is 11.6 Å². The molecule has 0 aliphatic rings. The van der Waals surface area contributed by atoms with Crippen LogP contribution in [0.2, 0.25) is 5.02 Å². The second-order valence-corrected chi connectivity index (χ2v) is 3.27. The number of hydrogen-bond acceptors (Lipinski definition) is 2. The summed E-state index contributed by atoms with van der Waals surface area (Å²) in [6, 6.07) is 0.663. The van der Waals surface area contributed by atoms with E-state index in [4.69, 9.17) is 16.7 Å². The SMILES string of the molecule is CC(=O)Cc1c(O)c(F)cc(Cl)c1F. The van der Waals surface area contributed by atoms with Gasteiger partial charge in [0.25, 0.3) is 0 Å². The Kier molecular flexibility index (Phi) is 3.06. The van der Waals surface area contributed by atoms with Gasteiger partial charge in [-0.15, -0.1) is 0 Å². The van der Waals surface area contributed by atoms with Crippen molar-refractivity contribution in [1.82, 2.24) is 0 Å². The van der Waals surface area contributed by atoms with Crippen LogP contribution in [0.4, 0.5) is 8.78 Å². The predicted molar refractivity (Wildman–Crippen MR) is 47.4 cm³/mol. The van der Waals surface area contributed by atoms with Crippen LogP contribution in [0.15, 0.2) is 6.07 Å². The summed E-state index contributed by atoms with van der Waals surface area (Å²) in [7, 11) is 0. The summed E-state index contributed by atoms with van der Waals surface area (Å²) in [6.45, 7) is 1.21. The molecule has 0 aromatic heterocycles. The van der Waals surface area contributed by atoms with E-state index in [-0.39, 0.29) is 12.2 Å². The molecule has 0 saturated carbocycles. The molecule has 0 bridgehead atoms. The first kappa shape index (κ1) is 10.9. The third kappa shape index (κ3) is 2.01. The van der Waals surface area contributed by atoms with Crippen LogP contribution in [-0.2, 0) is 11.2 Å². The third-order valence-electron chi connectivity index (χ3n) is 1.67. The van der Waals surface area contributed by atoms with Crippen molar-refractivity contribution in [1.29, 1.82) is 0 Å². The van der Waals surface area contributed by atoms with E-state index in [2.05, 4.69) is 0 Å². The van der Waals surface area contributed by atoms with E-state index in [1.54, 1.807) is 0 Å². The smallest absolute Gasteiger partial charge is 0.166 e. The third-order valence-corrected chi connectivity index (χ3v) is 1.94. The van der Waals surface area contributed by atoms with Crippen LogP contribution in [0.1, 0.15) is 12.5 Å². The molecule has 14 heavy (non-hydrogen) atoms. The summed E-state index contributed by atoms with van der Waals surface area (Å²) in [4.78, 5) is 10.7. The molecular weight excluding hydrogens is 214 g/mol. The Balaban J connectivity index is 3.31. The van der Waals surface area contributed by atoms with Crippen LogP contribution >= 0.6 is 11.6 Å². The van der Waals surface area contributed by atoms with Crippen LogP contribution in [-0.4, -0.2) is 10.9 Å². The van der Waals surface area contributed by atoms with Crippen LogP contribution in [0.3, 0.4) is 0 Å². The Morgan fingerprint density at radius 1 is 1.57 bits per heavy atom. The topological polar surface area (TPSA) is 37.3 Å². The first-order valence-electron chi connectivity index (χ1n) is 3.78. The van der Waals surface area contributed by atoms with Crippen molar-refractivity contribution >= 4 is 17.4 Å². The first-order valence-corrected chi connectivity index (χ1v) is 4.16. The van der Waals surface area contributed by atoms with Gasteiger partial charge in [-0.2, -0.15) is 0 Å². The zero-order valence-corrected chi connectivity index (χ0v) is 8.03. The van der Waals surface area contributed by atoms with E-state index in [1.807, 2.05) is 0 Å². The van der Waals surface area contributed by atoms with E-state index in [0.29, 0.717) is 6.07 Å². The molecule has 0 amide bonds. The molecule has 1 rings (SSSR count). The molecule has 76 valence electrons. The second-order valence-electron chi connectivity index (χ2n) is 2.86. The number of carbonyl (C=O) groups is 1. The predicted octanol–water partition coefficient (Wildman–Crippen LogP) is 2.46. The normalized spacial score (nSPS) is 10.3. The van der Waals surface area contributed by atoms with Gasteiger partial charge in [-0.1, -0.05) is 11.6 Å². The summed E-state index contributed by atoms with van der Waals surface area (Å²) in [5.41, 5.74) is -0.400. The molecule has 0 aliphatic heterocycles. The number of hydrogen-bond donors (Lipinski definition) is 1. The average molecular weight is 221 g/mol. The summed E-state index contributed by atoms with van der Waals surface area (Å²) >= 11 is 5.34. The maximum Gasteiger partial charge on any atom is 0.166 e. The molecule has 0 heterocycles. The van der Waals surface area contributed by atoms with E-state index in [0.717, 1.165) is 0 Å². The number of halogens is 3. The minimum absolute atomic E-state index is 0.380. The quantitative estimate of drug-likeness (QED) is 0.778. The van der Waals surface area contributed by atoms with Gasteiger partial charge in [0, 0.05) is 12.0 Å². The fraction of sp³-hybridized carbons (Fsp3) is 0.222. The molecule has 0 radical (unpaired) electrons. The highest BCUT2D eigenvalue weighted by Crippen LogP contribution is 2.30. The standard InChI is InChI=1S/C9H7ClF2O2/c1-4(13)2-5-8(12)6(10)3-7(11)9(5)14/h3,14H,2H2,1H3. The maximum atomic E-state index is 13.2. The van der Waals surface area contributed by atoms with Gasteiger partial charge < -0.3 is 5.11 Å². The number of rotatable bonds is 2. The first-order chi connectivity index (χ1) is 6.43. The summed E-state index contributed by atoms with van der Waals surface area (Å²) in [5.74, 6) is -3.24. The Hall–Kier alpha value is -1.16. The van der Waals surface area contributed by atoms with Crippen molar-refractivity contribution in [2.45, 2.75) is 13.3 Å². The molecule has 0 fully saturated rings. The second kappa shape index (κ2) is 3.92. The van der Waals surface area contributed by atoms with Gasteiger partial charge in [0.1, 0.15) is 11.6 Å². The number of benzene rings is 1. The zero-order chi connectivity index (χ0) is 10.9. The molecule has 0 saturated heterocycles. The lowest BCUT2D eigenvalue weighted by Crippen LogP contribution is -2.02. The number of phenols is 1. The minimum atomic E-state index is -1.03. The monoisotopic (exact) mass is 220 g/mol. The fourth-order valence-electron chi connectivity index (χ4n) is 1.05. The molecule has 1 N–H and O–H groups in total. The lowest BCUT2D eigenvalue weighted by atomic mass is 10.1. The number of carbonyl (C=O) groups excluding carboxylic acids is 1. The molecule has 2 nitrogen and oxygen atoms in total. The van der Waals surface area contributed by atoms with Crippen molar-refractivity contribution in [3.05, 3.63) is 28.3 Å². The highest BCUT2D eigenvalue weighted by molar-refractivity contribution is 6.30. The lowest BCUT2D eigenvalue weighted by molar-refractivity contribution is -0.116. The molecule has 0 aliphatic carbocycles. The molecule has 0 unspecified atom stereocenters. The molecular formula is C9H7ClF2O2. The van der Waals surface area contributed by atoms with Gasteiger partial charge in [-0.25, -0.2) is 8.78 Å². The van der Waals surface area contributed by atoms with E-state index in [9.17, 15) is 13.6 Å². The number of ketones is 1. The zero-order valence-electron chi connectivity index (χ0n) is 7.27. The Labute approximate surface area is 84.1 Å². The van der Waals surface area contributed by atoms with Gasteiger partial charge in [-0.3, -0.25) is 4.79 Å². The van der Waals surface area contributed by atoms with Crippen molar-refractivity contribution in [2.24, 2.45) is 0 Å². The highest BCUT2D eigenvalue weighted by Gasteiger charge is 2.17. The molecule has 0 atom stereocenters. The van der Waals surface area contributed by atoms with E-state index < -0.39 is 28.0 Å². The van der Waals surface area contributed by atoms with E-state index >= 15 is 0 Å². The Morgan fingerprint density at radius 3 is 2.64 bits per heavy atom. The summed E-state index contributed by atoms with van der Waals surface area (Å²) in [6.07, 6.45) is -0.380. The summed E-state index contributed by atoms with van der Waals surface area (Å²) in [5, 5.41) is 8.68. The average Bonchev–Trinajstić information content (AvgIpc) is 2.09. The molecule has 1 aromatic rings. The molecule has 0 spiro atoms. The van der Waals surface area contributed by atoms with Crippen molar-refractivity contribution in [3.63, 3.8) is 0 Å². The summed E-state index contributed by atoms with van der Waals surface area (Å²) < 4.78 is 26.1. The van der Waals surface area contributed by atoms with Crippen molar-refractivity contribution < 1.29 is 18.7 Å². The Bertz CT molecular complexity index is 365. The van der Waals surface area contributed by atoms with Gasteiger partial charge >= 0.3 is 0 Å². The number of aromatic hydroxyl groups is 1.